The first kappa shape index (κ1) is 18.0. The molecule has 0 aliphatic rings. The summed E-state index contributed by atoms with van der Waals surface area (Å²) in [7, 11) is 0. The van der Waals surface area contributed by atoms with Crippen LogP contribution >= 0.6 is 12.4 Å². The van der Waals surface area contributed by atoms with Gasteiger partial charge in [-0.05, 0) is 12.1 Å². The molecule has 0 radical (unpaired) electrons. The van der Waals surface area contributed by atoms with Crippen LogP contribution < -0.4 is 11.1 Å². The number of para-hydroxylation sites is 1. The molecule has 22 heavy (non-hydrogen) atoms. The third-order valence-corrected chi connectivity index (χ3v) is 2.71. The average Bonchev–Trinajstić information content (AvgIpc) is 2.90. The smallest absolute Gasteiger partial charge is 0.351 e. The number of benzene rings is 1. The summed E-state index contributed by atoms with van der Waals surface area (Å²) in [5.74, 6) is -0.852. The Balaban J connectivity index is 0.00000242. The normalized spacial score (nSPS) is 10.9. The zero-order chi connectivity index (χ0) is 15.5. The highest BCUT2D eigenvalue weighted by Gasteiger charge is 2.40. The largest absolute Gasteiger partial charge is 0.434 e. The summed E-state index contributed by atoms with van der Waals surface area (Å²) in [5, 5.41) is 6.00. The van der Waals surface area contributed by atoms with Gasteiger partial charge in [-0.15, -0.1) is 12.4 Å². The number of nitrogens with one attached hydrogen (secondary N) is 1. The van der Waals surface area contributed by atoms with Crippen LogP contribution in [0.15, 0.2) is 36.5 Å². The van der Waals surface area contributed by atoms with Gasteiger partial charge in [-0.2, -0.15) is 18.3 Å². The minimum Gasteiger partial charge on any atom is -0.351 e. The maximum absolute atomic E-state index is 13.2. The predicted octanol–water partition coefficient (Wildman–Crippen LogP) is 2.00. The van der Waals surface area contributed by atoms with Crippen molar-refractivity contribution in [2.75, 3.05) is 13.1 Å². The number of hydrogen-bond acceptors (Lipinski definition) is 3. The third kappa shape index (κ3) is 3.77. The minimum atomic E-state index is -4.71. The first-order valence-electron chi connectivity index (χ1n) is 6.14. The molecule has 0 unspecified atom stereocenters. The first-order chi connectivity index (χ1) is 9.95. The highest BCUT2D eigenvalue weighted by atomic mass is 35.5. The van der Waals surface area contributed by atoms with Crippen LogP contribution in [0.3, 0.4) is 0 Å². The van der Waals surface area contributed by atoms with Crippen LogP contribution in [0.25, 0.3) is 5.69 Å². The van der Waals surface area contributed by atoms with Crippen molar-refractivity contribution in [3.05, 3.63) is 47.8 Å². The van der Waals surface area contributed by atoms with Crippen LogP contribution in [-0.2, 0) is 6.18 Å². The fourth-order valence-corrected chi connectivity index (χ4v) is 1.83. The Morgan fingerprint density at radius 3 is 2.45 bits per heavy atom. The van der Waals surface area contributed by atoms with Gasteiger partial charge in [0.2, 0.25) is 0 Å². The van der Waals surface area contributed by atoms with Gasteiger partial charge < -0.3 is 11.1 Å². The van der Waals surface area contributed by atoms with Crippen LogP contribution in [-0.4, -0.2) is 28.8 Å². The molecule has 1 amide bonds. The average molecular weight is 335 g/mol. The maximum Gasteiger partial charge on any atom is 0.434 e. The fourth-order valence-electron chi connectivity index (χ4n) is 1.83. The van der Waals surface area contributed by atoms with E-state index in [0.29, 0.717) is 4.68 Å². The molecule has 3 N–H and O–H groups in total. The summed E-state index contributed by atoms with van der Waals surface area (Å²) in [6, 6.07) is 7.80. The van der Waals surface area contributed by atoms with Crippen LogP contribution in [0, 0.1) is 0 Å². The van der Waals surface area contributed by atoms with Gasteiger partial charge in [0.25, 0.3) is 5.91 Å². The van der Waals surface area contributed by atoms with E-state index in [-0.39, 0.29) is 31.2 Å². The number of carbonyl (C=O) groups excluding carboxylic acids is 1. The van der Waals surface area contributed by atoms with Gasteiger partial charge >= 0.3 is 6.18 Å². The zero-order valence-corrected chi connectivity index (χ0v) is 12.1. The molecule has 2 aromatic rings. The fraction of sp³-hybridized carbons (Fsp3) is 0.231. The van der Waals surface area contributed by atoms with Gasteiger partial charge in [-0.1, -0.05) is 18.2 Å². The Bertz CT molecular complexity index is 628. The number of amides is 1. The van der Waals surface area contributed by atoms with Gasteiger partial charge in [-0.3, -0.25) is 4.79 Å². The lowest BCUT2D eigenvalue weighted by Crippen LogP contribution is -2.30. The third-order valence-electron chi connectivity index (χ3n) is 2.71. The number of nitrogens with two attached hydrogens (primary N) is 1. The van der Waals surface area contributed by atoms with Gasteiger partial charge in [-0.25, -0.2) is 4.68 Å². The summed E-state index contributed by atoms with van der Waals surface area (Å²) in [6.45, 7) is 0.229. The molecule has 1 heterocycles. The Morgan fingerprint density at radius 1 is 1.27 bits per heavy atom. The van der Waals surface area contributed by atoms with Crippen molar-refractivity contribution in [2.45, 2.75) is 6.18 Å². The topological polar surface area (TPSA) is 72.9 Å². The number of halogens is 4. The summed E-state index contributed by atoms with van der Waals surface area (Å²) in [5.41, 5.74) is 3.81. The summed E-state index contributed by atoms with van der Waals surface area (Å²) >= 11 is 0. The molecular weight excluding hydrogens is 321 g/mol. The van der Waals surface area contributed by atoms with Crippen LogP contribution in [0.2, 0.25) is 0 Å². The highest BCUT2D eigenvalue weighted by Crippen LogP contribution is 2.33. The van der Waals surface area contributed by atoms with E-state index in [1.165, 1.54) is 12.1 Å². The van der Waals surface area contributed by atoms with Crippen molar-refractivity contribution in [3.63, 3.8) is 0 Å². The predicted molar refractivity (Wildman–Crippen MR) is 77.2 cm³/mol. The van der Waals surface area contributed by atoms with Crippen LogP contribution in [0.1, 0.15) is 16.1 Å². The Labute approximate surface area is 130 Å². The SMILES string of the molecule is Cl.NCCNC(=O)c1cnn(-c2ccccc2)c1C(F)(F)F. The molecule has 1 aromatic heterocycles. The van der Waals surface area contributed by atoms with Gasteiger partial charge in [0, 0.05) is 13.1 Å². The Hall–Kier alpha value is -2.06. The van der Waals surface area contributed by atoms with E-state index >= 15 is 0 Å². The molecule has 0 aliphatic carbocycles. The van der Waals surface area contributed by atoms with Crippen molar-refractivity contribution in [3.8, 4) is 5.69 Å². The first-order valence-corrected chi connectivity index (χ1v) is 6.14. The molecule has 1 aromatic carbocycles. The van der Waals surface area contributed by atoms with Crippen LogP contribution in [0.5, 0.6) is 0 Å². The van der Waals surface area contributed by atoms with Gasteiger partial charge in [0.15, 0.2) is 5.69 Å². The van der Waals surface area contributed by atoms with Crippen LogP contribution in [0.4, 0.5) is 13.2 Å². The van der Waals surface area contributed by atoms with Crippen molar-refractivity contribution in [1.29, 1.82) is 0 Å². The lowest BCUT2D eigenvalue weighted by molar-refractivity contribution is -0.143. The van der Waals surface area contributed by atoms with Crippen molar-refractivity contribution < 1.29 is 18.0 Å². The number of nitrogens with zero attached hydrogens (tertiary/aromatic N) is 2. The second-order valence-electron chi connectivity index (χ2n) is 4.20. The summed E-state index contributed by atoms with van der Waals surface area (Å²) in [6.07, 6.45) is -3.80. The monoisotopic (exact) mass is 334 g/mol. The lowest BCUT2D eigenvalue weighted by atomic mass is 10.2. The zero-order valence-electron chi connectivity index (χ0n) is 11.3. The van der Waals surface area contributed by atoms with E-state index in [9.17, 15) is 18.0 Å². The number of hydrogen-bond donors (Lipinski definition) is 2. The molecule has 0 fully saturated rings. The standard InChI is InChI=1S/C13H13F3N4O.ClH/c14-13(15,16)11-10(12(21)18-7-6-17)8-19-20(11)9-4-2-1-3-5-9;/h1-5,8H,6-7,17H2,(H,18,21);1H. The molecule has 2 rings (SSSR count). The van der Waals surface area contributed by atoms with E-state index < -0.39 is 23.3 Å². The molecule has 0 aliphatic heterocycles. The van der Waals surface area contributed by atoms with E-state index in [1.54, 1.807) is 18.2 Å². The molecule has 0 saturated carbocycles. The summed E-state index contributed by atoms with van der Waals surface area (Å²) < 4.78 is 40.4. The van der Waals surface area contributed by atoms with Crippen molar-refractivity contribution in [2.24, 2.45) is 5.73 Å². The molecule has 120 valence electrons. The van der Waals surface area contributed by atoms with Gasteiger partial charge in [0.1, 0.15) is 0 Å². The second kappa shape index (κ2) is 7.28. The Morgan fingerprint density at radius 2 is 1.91 bits per heavy atom. The van der Waals surface area contributed by atoms with Crippen molar-refractivity contribution >= 4 is 18.3 Å². The minimum absolute atomic E-state index is 0. The van der Waals surface area contributed by atoms with Crippen molar-refractivity contribution in [1.82, 2.24) is 15.1 Å². The summed E-state index contributed by atoms with van der Waals surface area (Å²) in [4.78, 5) is 11.8. The molecule has 0 atom stereocenters. The number of rotatable bonds is 4. The molecule has 0 spiro atoms. The van der Waals surface area contributed by atoms with E-state index in [4.69, 9.17) is 5.73 Å². The second-order valence-corrected chi connectivity index (χ2v) is 4.20. The van der Waals surface area contributed by atoms with E-state index in [0.717, 1.165) is 6.20 Å². The molecule has 0 saturated heterocycles. The van der Waals surface area contributed by atoms with E-state index in [1.807, 2.05) is 0 Å². The lowest BCUT2D eigenvalue weighted by Gasteiger charge is -2.12. The number of aromatic nitrogens is 2. The molecule has 9 heteroatoms. The molecule has 5 nitrogen and oxygen atoms in total. The van der Waals surface area contributed by atoms with E-state index in [2.05, 4.69) is 10.4 Å². The molecule has 0 bridgehead atoms. The maximum atomic E-state index is 13.2. The Kier molecular flexibility index (Phi) is 5.95. The highest BCUT2D eigenvalue weighted by molar-refractivity contribution is 5.95. The quantitative estimate of drug-likeness (QED) is 0.898. The van der Waals surface area contributed by atoms with Gasteiger partial charge in [0.05, 0.1) is 17.4 Å². The number of alkyl halides is 3. The number of carbonyl (C=O) groups is 1. The molecular formula is C13H14ClF3N4O.